The number of esters is 1. The van der Waals surface area contributed by atoms with E-state index in [0.29, 0.717) is 34.5 Å². The van der Waals surface area contributed by atoms with E-state index in [1.807, 2.05) is 43.3 Å². The Labute approximate surface area is 162 Å². The van der Waals surface area contributed by atoms with E-state index < -0.39 is 0 Å². The Balaban J connectivity index is 1.84. The zero-order chi connectivity index (χ0) is 19.2. The number of ether oxygens (including phenoxy) is 1. The minimum absolute atomic E-state index is 0.0479. The zero-order valence-corrected chi connectivity index (χ0v) is 16.0. The Kier molecular flexibility index (Phi) is 6.08. The number of aliphatic imine (C=N–C) groups is 1. The van der Waals surface area contributed by atoms with Crippen LogP contribution in [0.25, 0.3) is 6.08 Å². The Hall–Kier alpha value is -2.86. The van der Waals surface area contributed by atoms with Crippen LogP contribution in [0.2, 0.25) is 0 Å². The Morgan fingerprint density at radius 1 is 1.11 bits per heavy atom. The molecule has 3 rings (SSSR count). The minimum atomic E-state index is -0.356. The molecule has 1 amide bonds. The molecule has 0 aliphatic carbocycles. The minimum Gasteiger partial charge on any atom is -0.462 e. The second-order valence-electron chi connectivity index (χ2n) is 5.73. The van der Waals surface area contributed by atoms with E-state index in [1.54, 1.807) is 36.1 Å². The largest absolute Gasteiger partial charge is 0.462 e. The molecule has 1 aliphatic heterocycles. The van der Waals surface area contributed by atoms with Crippen molar-refractivity contribution in [3.63, 3.8) is 0 Å². The van der Waals surface area contributed by atoms with Crippen molar-refractivity contribution in [2.24, 2.45) is 4.99 Å². The first-order valence-corrected chi connectivity index (χ1v) is 9.56. The van der Waals surface area contributed by atoms with Crippen molar-refractivity contribution in [1.82, 2.24) is 4.90 Å². The van der Waals surface area contributed by atoms with Crippen LogP contribution in [0.3, 0.4) is 0 Å². The molecular formula is C21H20N2O3S. The van der Waals surface area contributed by atoms with Crippen LogP contribution in [0.15, 0.2) is 64.5 Å². The van der Waals surface area contributed by atoms with Gasteiger partial charge in [-0.05, 0) is 61.5 Å². The number of hydrogen-bond donors (Lipinski definition) is 0. The van der Waals surface area contributed by atoms with Gasteiger partial charge in [-0.3, -0.25) is 9.69 Å². The van der Waals surface area contributed by atoms with Crippen LogP contribution in [0.5, 0.6) is 0 Å². The van der Waals surface area contributed by atoms with Crippen LogP contribution < -0.4 is 0 Å². The maximum atomic E-state index is 12.7. The molecule has 1 aliphatic rings. The van der Waals surface area contributed by atoms with Crippen molar-refractivity contribution >= 4 is 40.6 Å². The predicted molar refractivity (Wildman–Crippen MR) is 109 cm³/mol. The second kappa shape index (κ2) is 8.68. The molecular weight excluding hydrogens is 360 g/mol. The standard InChI is InChI=1S/C21H20N2O3S/c1-3-23-19(24)18(14-15-8-6-5-7-9-15)27-21(23)22-17-12-10-16(11-13-17)20(25)26-4-2/h5-14H,3-4H2,1-2H3/b18-14+,22-21?. The van der Waals surface area contributed by atoms with Gasteiger partial charge in [0, 0.05) is 6.54 Å². The third-order valence-corrected chi connectivity index (χ3v) is 4.91. The molecule has 6 heteroatoms. The Morgan fingerprint density at radius 3 is 2.44 bits per heavy atom. The molecule has 0 saturated carbocycles. The summed E-state index contributed by atoms with van der Waals surface area (Å²) in [5.41, 5.74) is 2.13. The van der Waals surface area contributed by atoms with Gasteiger partial charge in [-0.15, -0.1) is 0 Å². The van der Waals surface area contributed by atoms with Gasteiger partial charge in [-0.2, -0.15) is 0 Å². The van der Waals surface area contributed by atoms with E-state index >= 15 is 0 Å². The van der Waals surface area contributed by atoms with Crippen molar-refractivity contribution in [1.29, 1.82) is 0 Å². The zero-order valence-electron chi connectivity index (χ0n) is 15.2. The first-order valence-electron chi connectivity index (χ1n) is 8.74. The monoisotopic (exact) mass is 380 g/mol. The fraction of sp³-hybridized carbons (Fsp3) is 0.190. The van der Waals surface area contributed by atoms with Crippen LogP contribution in [-0.4, -0.2) is 35.1 Å². The third-order valence-electron chi connectivity index (χ3n) is 3.90. The summed E-state index contributed by atoms with van der Waals surface area (Å²) in [6.45, 7) is 4.57. The molecule has 138 valence electrons. The van der Waals surface area contributed by atoms with Gasteiger partial charge in [0.25, 0.3) is 5.91 Å². The van der Waals surface area contributed by atoms with E-state index in [0.717, 1.165) is 5.56 Å². The van der Waals surface area contributed by atoms with Crippen LogP contribution >= 0.6 is 11.8 Å². The second-order valence-corrected chi connectivity index (χ2v) is 6.74. The third kappa shape index (κ3) is 4.46. The number of nitrogens with zero attached hydrogens (tertiary/aromatic N) is 2. The number of benzene rings is 2. The number of likely N-dealkylation sites (N-methyl/N-ethyl adjacent to an activating group) is 1. The van der Waals surface area contributed by atoms with E-state index in [4.69, 9.17) is 4.74 Å². The molecule has 0 unspecified atom stereocenters. The van der Waals surface area contributed by atoms with Gasteiger partial charge in [0.1, 0.15) is 0 Å². The van der Waals surface area contributed by atoms with Crippen LogP contribution in [0.1, 0.15) is 29.8 Å². The summed E-state index contributed by atoms with van der Waals surface area (Å²) < 4.78 is 4.98. The predicted octanol–water partition coefficient (Wildman–Crippen LogP) is 4.49. The number of rotatable bonds is 5. The summed E-state index contributed by atoms with van der Waals surface area (Å²) >= 11 is 1.36. The molecule has 0 radical (unpaired) electrons. The van der Waals surface area contributed by atoms with Crippen molar-refractivity contribution in [2.45, 2.75) is 13.8 Å². The normalized spacial score (nSPS) is 17.0. The summed E-state index contributed by atoms with van der Waals surface area (Å²) in [5.74, 6) is -0.404. The molecule has 0 atom stereocenters. The average Bonchev–Trinajstić information content (AvgIpc) is 2.97. The van der Waals surface area contributed by atoms with Gasteiger partial charge in [0.05, 0.1) is 22.8 Å². The van der Waals surface area contributed by atoms with Crippen LogP contribution in [0, 0.1) is 0 Å². The first kappa shape index (κ1) is 18.9. The lowest BCUT2D eigenvalue weighted by atomic mass is 10.2. The number of carbonyl (C=O) groups excluding carboxylic acids is 2. The number of amidine groups is 1. The SMILES string of the molecule is CCOC(=O)c1ccc(N=C2S/C(=C/c3ccccc3)C(=O)N2CC)cc1. The summed E-state index contributed by atoms with van der Waals surface area (Å²) in [4.78, 5) is 31.3. The quantitative estimate of drug-likeness (QED) is 0.567. The molecule has 1 heterocycles. The van der Waals surface area contributed by atoms with Gasteiger partial charge in [-0.25, -0.2) is 9.79 Å². The fourth-order valence-corrected chi connectivity index (χ4v) is 3.63. The first-order chi connectivity index (χ1) is 13.1. The molecule has 0 bridgehead atoms. The molecule has 1 saturated heterocycles. The molecule has 27 heavy (non-hydrogen) atoms. The Morgan fingerprint density at radius 2 is 1.81 bits per heavy atom. The summed E-state index contributed by atoms with van der Waals surface area (Å²) in [7, 11) is 0. The van der Waals surface area contributed by atoms with Crippen molar-refractivity contribution in [2.75, 3.05) is 13.2 Å². The molecule has 1 fully saturated rings. The number of hydrogen-bond acceptors (Lipinski definition) is 5. The summed E-state index contributed by atoms with van der Waals surface area (Å²) in [6, 6.07) is 16.6. The van der Waals surface area contributed by atoms with Crippen molar-refractivity contribution < 1.29 is 14.3 Å². The van der Waals surface area contributed by atoms with Gasteiger partial charge < -0.3 is 4.74 Å². The number of carbonyl (C=O) groups is 2. The molecule has 0 spiro atoms. The summed E-state index contributed by atoms with van der Waals surface area (Å²) in [6.07, 6.45) is 1.88. The highest BCUT2D eigenvalue weighted by atomic mass is 32.2. The van der Waals surface area contributed by atoms with Crippen molar-refractivity contribution in [3.05, 3.63) is 70.6 Å². The maximum Gasteiger partial charge on any atom is 0.338 e. The number of thioether (sulfide) groups is 1. The molecule has 2 aromatic rings. The highest BCUT2D eigenvalue weighted by Gasteiger charge is 2.32. The number of amides is 1. The van der Waals surface area contributed by atoms with E-state index in [2.05, 4.69) is 4.99 Å². The molecule has 0 aromatic heterocycles. The highest BCUT2D eigenvalue weighted by molar-refractivity contribution is 8.18. The molecule has 5 nitrogen and oxygen atoms in total. The lowest BCUT2D eigenvalue weighted by Crippen LogP contribution is -2.28. The van der Waals surface area contributed by atoms with Crippen LogP contribution in [-0.2, 0) is 9.53 Å². The van der Waals surface area contributed by atoms with Crippen LogP contribution in [0.4, 0.5) is 5.69 Å². The lowest BCUT2D eigenvalue weighted by Gasteiger charge is -2.12. The van der Waals surface area contributed by atoms with Crippen molar-refractivity contribution in [3.8, 4) is 0 Å². The molecule has 0 N–H and O–H groups in total. The highest BCUT2D eigenvalue weighted by Crippen LogP contribution is 2.34. The lowest BCUT2D eigenvalue weighted by molar-refractivity contribution is -0.122. The van der Waals surface area contributed by atoms with Gasteiger partial charge >= 0.3 is 5.97 Å². The van der Waals surface area contributed by atoms with E-state index in [-0.39, 0.29) is 11.9 Å². The van der Waals surface area contributed by atoms with Gasteiger partial charge in [0.15, 0.2) is 5.17 Å². The molecule has 2 aromatic carbocycles. The topological polar surface area (TPSA) is 59.0 Å². The Bertz CT molecular complexity index is 889. The smallest absolute Gasteiger partial charge is 0.338 e. The summed E-state index contributed by atoms with van der Waals surface area (Å²) in [5, 5.41) is 0.633. The fourth-order valence-electron chi connectivity index (χ4n) is 2.57. The maximum absolute atomic E-state index is 12.7. The van der Waals surface area contributed by atoms with Gasteiger partial charge in [0.2, 0.25) is 0 Å². The van der Waals surface area contributed by atoms with E-state index in [1.165, 1.54) is 11.8 Å². The van der Waals surface area contributed by atoms with Gasteiger partial charge in [-0.1, -0.05) is 30.3 Å². The van der Waals surface area contributed by atoms with E-state index in [9.17, 15) is 9.59 Å². The average molecular weight is 380 g/mol.